The van der Waals surface area contributed by atoms with E-state index in [9.17, 15) is 9.90 Å². The van der Waals surface area contributed by atoms with Crippen LogP contribution in [0.15, 0.2) is 48.6 Å². The first kappa shape index (κ1) is 15.3. The molecule has 0 saturated carbocycles. The molecule has 3 atom stereocenters. The quantitative estimate of drug-likeness (QED) is 0.846. The van der Waals surface area contributed by atoms with E-state index in [4.69, 9.17) is 11.6 Å². The van der Waals surface area contributed by atoms with Crippen LogP contribution >= 0.6 is 11.6 Å². The lowest BCUT2D eigenvalue weighted by Crippen LogP contribution is -2.29. The van der Waals surface area contributed by atoms with E-state index in [0.717, 1.165) is 28.3 Å². The van der Waals surface area contributed by atoms with Gasteiger partial charge < -0.3 is 15.2 Å². The number of aromatic carboxylic acids is 1. The highest BCUT2D eigenvalue weighted by atomic mass is 35.5. The number of hydrogen-bond donors (Lipinski definition) is 1. The van der Waals surface area contributed by atoms with Gasteiger partial charge in [0, 0.05) is 16.6 Å². The Morgan fingerprint density at radius 2 is 1.96 bits per heavy atom. The maximum atomic E-state index is 11.0. The third kappa shape index (κ3) is 2.31. The van der Waals surface area contributed by atoms with Crippen LogP contribution in [-0.2, 0) is 0 Å². The molecule has 2 aromatic carbocycles. The smallest absolute Gasteiger partial charge is 0.0715 e. The van der Waals surface area contributed by atoms with Gasteiger partial charge in [-0.2, -0.15) is 0 Å². The van der Waals surface area contributed by atoms with Crippen LogP contribution in [0.4, 0.5) is 5.69 Å². The fourth-order valence-corrected chi connectivity index (χ4v) is 4.10. The molecule has 3 nitrogen and oxygen atoms in total. The summed E-state index contributed by atoms with van der Waals surface area (Å²) in [6.07, 6.45) is 5.52. The molecule has 1 aliphatic heterocycles. The van der Waals surface area contributed by atoms with Gasteiger partial charge in [0.25, 0.3) is 0 Å². The van der Waals surface area contributed by atoms with Crippen molar-refractivity contribution in [3.05, 3.63) is 75.8 Å². The van der Waals surface area contributed by atoms with Gasteiger partial charge >= 0.3 is 0 Å². The average Bonchev–Trinajstić information content (AvgIpc) is 3.07. The highest BCUT2D eigenvalue weighted by Gasteiger charge is 2.38. The number of halogens is 1. The monoisotopic (exact) mass is 338 g/mol. The summed E-state index contributed by atoms with van der Waals surface area (Å²) in [6.45, 7) is 2.03. The Balaban J connectivity index is 1.77. The molecule has 2 aliphatic rings. The Bertz CT molecular complexity index is 841. The van der Waals surface area contributed by atoms with E-state index in [0.29, 0.717) is 11.8 Å². The van der Waals surface area contributed by atoms with Gasteiger partial charge in [-0.05, 0) is 47.6 Å². The van der Waals surface area contributed by atoms with E-state index in [1.165, 1.54) is 5.56 Å². The molecule has 1 aliphatic carbocycles. The fourth-order valence-electron chi connectivity index (χ4n) is 3.95. The summed E-state index contributed by atoms with van der Waals surface area (Å²) in [5.41, 5.74) is 4.74. The van der Waals surface area contributed by atoms with Crippen molar-refractivity contribution >= 4 is 23.3 Å². The molecule has 0 spiro atoms. The first-order chi connectivity index (χ1) is 11.6. The molecule has 0 unspecified atom stereocenters. The summed E-state index contributed by atoms with van der Waals surface area (Å²) in [6, 6.07) is 11.2. The van der Waals surface area contributed by atoms with Crippen LogP contribution in [0.3, 0.4) is 0 Å². The summed E-state index contributed by atoms with van der Waals surface area (Å²) in [4.78, 5) is 11.0. The van der Waals surface area contributed by atoms with E-state index in [1.807, 2.05) is 25.1 Å². The normalized spacial score (nSPS) is 24.2. The van der Waals surface area contributed by atoms with Crippen molar-refractivity contribution in [2.24, 2.45) is 5.92 Å². The Morgan fingerprint density at radius 3 is 2.67 bits per heavy atom. The number of carboxylic acids is 1. The zero-order chi connectivity index (χ0) is 16.8. The van der Waals surface area contributed by atoms with Gasteiger partial charge in [-0.1, -0.05) is 54.1 Å². The second kappa shape index (κ2) is 5.67. The highest BCUT2D eigenvalue weighted by Crippen LogP contribution is 2.51. The van der Waals surface area contributed by atoms with Gasteiger partial charge in [-0.25, -0.2) is 0 Å². The number of benzene rings is 2. The number of carboxylic acid groups (broad SMARTS) is 1. The number of anilines is 1. The molecule has 122 valence electrons. The summed E-state index contributed by atoms with van der Waals surface area (Å²) in [5, 5.41) is 15.4. The predicted octanol–water partition coefficient (Wildman–Crippen LogP) is 3.84. The lowest BCUT2D eigenvalue weighted by atomic mass is 9.76. The Labute approximate surface area is 146 Å². The first-order valence-electron chi connectivity index (χ1n) is 8.10. The number of allylic oxidation sites excluding steroid dienone is 2. The van der Waals surface area contributed by atoms with Crippen molar-refractivity contribution in [3.8, 4) is 0 Å². The zero-order valence-corrected chi connectivity index (χ0v) is 14.0. The van der Waals surface area contributed by atoms with Crippen LogP contribution in [0.1, 0.15) is 45.4 Å². The van der Waals surface area contributed by atoms with Crippen molar-refractivity contribution in [1.82, 2.24) is 0 Å². The largest absolute Gasteiger partial charge is 0.545 e. The van der Waals surface area contributed by atoms with Gasteiger partial charge in [-0.15, -0.1) is 0 Å². The standard InChI is InChI=1S/C20H18ClNO2/c1-11-17(21)10-9-16-14-3-2-4-15(14)19(22-18(11)16)12-5-7-13(8-6-12)20(23)24/h2-3,5-10,14-15,19,22H,4H2,1H3,(H,23,24)/p-1/t14-,15+,19-/m1/s1. The molecule has 2 aromatic rings. The molecular formula is C20H17ClNO2-. The third-order valence-electron chi connectivity index (χ3n) is 5.24. The fraction of sp³-hybridized carbons (Fsp3) is 0.250. The second-order valence-electron chi connectivity index (χ2n) is 6.52. The number of rotatable bonds is 2. The number of hydrogen-bond acceptors (Lipinski definition) is 3. The number of nitrogens with one attached hydrogen (secondary N) is 1. The lowest BCUT2D eigenvalue weighted by molar-refractivity contribution is -0.255. The van der Waals surface area contributed by atoms with E-state index in [2.05, 4.69) is 23.5 Å². The van der Waals surface area contributed by atoms with Gasteiger partial charge in [-0.3, -0.25) is 0 Å². The van der Waals surface area contributed by atoms with Gasteiger partial charge in [0.2, 0.25) is 0 Å². The van der Waals surface area contributed by atoms with Crippen LogP contribution in [-0.4, -0.2) is 5.97 Å². The number of carbonyl (C=O) groups excluding carboxylic acids is 1. The van der Waals surface area contributed by atoms with Crippen LogP contribution in [0.5, 0.6) is 0 Å². The Hall–Kier alpha value is -2.26. The van der Waals surface area contributed by atoms with Gasteiger partial charge in [0.1, 0.15) is 0 Å². The maximum Gasteiger partial charge on any atom is 0.0715 e. The first-order valence-corrected chi connectivity index (χ1v) is 8.47. The van der Waals surface area contributed by atoms with E-state index >= 15 is 0 Å². The maximum absolute atomic E-state index is 11.0. The second-order valence-corrected chi connectivity index (χ2v) is 6.93. The predicted molar refractivity (Wildman–Crippen MR) is 93.3 cm³/mol. The summed E-state index contributed by atoms with van der Waals surface area (Å²) in [5.74, 6) is -0.360. The molecule has 0 aromatic heterocycles. The molecule has 0 radical (unpaired) electrons. The van der Waals surface area contributed by atoms with Gasteiger partial charge in [0.05, 0.1) is 12.0 Å². The van der Waals surface area contributed by atoms with Crippen molar-refractivity contribution in [3.63, 3.8) is 0 Å². The molecule has 0 amide bonds. The lowest BCUT2D eigenvalue weighted by Gasteiger charge is -2.38. The van der Waals surface area contributed by atoms with E-state index in [1.54, 1.807) is 12.1 Å². The van der Waals surface area contributed by atoms with E-state index < -0.39 is 5.97 Å². The molecule has 4 heteroatoms. The zero-order valence-electron chi connectivity index (χ0n) is 13.3. The summed E-state index contributed by atoms with van der Waals surface area (Å²) < 4.78 is 0. The summed E-state index contributed by atoms with van der Waals surface area (Å²) in [7, 11) is 0. The minimum Gasteiger partial charge on any atom is -0.545 e. The molecule has 4 rings (SSSR count). The van der Waals surface area contributed by atoms with Crippen LogP contribution in [0.25, 0.3) is 0 Å². The minimum absolute atomic E-state index is 0.130. The van der Waals surface area contributed by atoms with Gasteiger partial charge in [0.15, 0.2) is 0 Å². The van der Waals surface area contributed by atoms with Crippen LogP contribution in [0.2, 0.25) is 5.02 Å². The van der Waals surface area contributed by atoms with Crippen molar-refractivity contribution in [2.45, 2.75) is 25.3 Å². The molecule has 0 fully saturated rings. The Kier molecular flexibility index (Phi) is 3.61. The van der Waals surface area contributed by atoms with Crippen molar-refractivity contribution < 1.29 is 9.90 Å². The molecule has 24 heavy (non-hydrogen) atoms. The topological polar surface area (TPSA) is 52.2 Å². The van der Waals surface area contributed by atoms with Crippen LogP contribution in [0, 0.1) is 12.8 Å². The van der Waals surface area contributed by atoms with E-state index in [-0.39, 0.29) is 11.6 Å². The average molecular weight is 339 g/mol. The molecule has 1 N–H and O–H groups in total. The Morgan fingerprint density at radius 1 is 1.21 bits per heavy atom. The molecule has 1 heterocycles. The SMILES string of the molecule is Cc1c(Cl)ccc2c1N[C@H](c1ccc(C(=O)[O-])cc1)[C@H]1CC=C[C@@H]21. The number of carbonyl (C=O) groups is 1. The molecule has 0 saturated heterocycles. The summed E-state index contributed by atoms with van der Waals surface area (Å²) >= 11 is 6.31. The molecule has 0 bridgehead atoms. The van der Waals surface area contributed by atoms with Crippen LogP contribution < -0.4 is 10.4 Å². The van der Waals surface area contributed by atoms with Crippen molar-refractivity contribution in [2.75, 3.05) is 5.32 Å². The third-order valence-corrected chi connectivity index (χ3v) is 5.65. The van der Waals surface area contributed by atoms with Crippen molar-refractivity contribution in [1.29, 1.82) is 0 Å². The minimum atomic E-state index is -1.15. The number of fused-ring (bicyclic) bond motifs is 3. The molecular weight excluding hydrogens is 322 g/mol. The highest BCUT2D eigenvalue weighted by molar-refractivity contribution is 6.31.